The first-order chi connectivity index (χ1) is 15.9. The van der Waals surface area contributed by atoms with Gasteiger partial charge in [0.25, 0.3) is 0 Å². The number of allylic oxidation sites excluding steroid dienone is 3. The maximum absolute atomic E-state index is 14.6. The van der Waals surface area contributed by atoms with Gasteiger partial charge in [0.1, 0.15) is 17.5 Å². The maximum Gasteiger partial charge on any atom is 0.135 e. The molecular formula is C27H32FN5. The van der Waals surface area contributed by atoms with Gasteiger partial charge < -0.3 is 20.4 Å². The highest BCUT2D eigenvalue weighted by Crippen LogP contribution is 2.37. The topological polar surface area (TPSA) is 43.4 Å². The predicted molar refractivity (Wildman–Crippen MR) is 134 cm³/mol. The fourth-order valence-corrected chi connectivity index (χ4v) is 5.20. The second-order valence-corrected chi connectivity index (χ2v) is 9.45. The van der Waals surface area contributed by atoms with E-state index in [0.717, 1.165) is 90.7 Å². The molecular weight excluding hydrogens is 413 g/mol. The molecule has 2 N–H and O–H groups in total. The fourth-order valence-electron chi connectivity index (χ4n) is 5.20. The number of aryl methyl sites for hydroxylation is 1. The summed E-state index contributed by atoms with van der Waals surface area (Å²) in [6.07, 6.45) is 4.70. The summed E-state index contributed by atoms with van der Waals surface area (Å²) in [4.78, 5) is 9.10. The van der Waals surface area contributed by atoms with Crippen molar-refractivity contribution < 1.29 is 4.39 Å². The van der Waals surface area contributed by atoms with E-state index < -0.39 is 0 Å². The van der Waals surface area contributed by atoms with Crippen molar-refractivity contribution in [2.45, 2.75) is 38.6 Å². The molecule has 1 aromatic heterocycles. The van der Waals surface area contributed by atoms with Gasteiger partial charge in [-0.2, -0.15) is 0 Å². The van der Waals surface area contributed by atoms with E-state index in [2.05, 4.69) is 47.4 Å². The Balaban J connectivity index is 1.18. The Kier molecular flexibility index (Phi) is 5.71. The first-order valence-electron chi connectivity index (χ1n) is 11.7. The van der Waals surface area contributed by atoms with Crippen LogP contribution in [0.1, 0.15) is 36.0 Å². The van der Waals surface area contributed by atoms with Crippen LogP contribution in [0.15, 0.2) is 61.1 Å². The van der Waals surface area contributed by atoms with E-state index in [1.807, 2.05) is 18.0 Å². The summed E-state index contributed by atoms with van der Waals surface area (Å²) < 4.78 is 14.6. The van der Waals surface area contributed by atoms with Crippen LogP contribution in [0.2, 0.25) is 0 Å². The summed E-state index contributed by atoms with van der Waals surface area (Å²) in [5.41, 5.74) is 7.24. The molecule has 5 rings (SSSR count). The maximum atomic E-state index is 14.6. The Labute approximate surface area is 195 Å². The highest BCUT2D eigenvalue weighted by molar-refractivity contribution is 5.68. The van der Waals surface area contributed by atoms with Gasteiger partial charge in [0.05, 0.1) is 5.69 Å². The molecule has 1 unspecified atom stereocenters. The molecule has 5 nitrogen and oxygen atoms in total. The van der Waals surface area contributed by atoms with E-state index in [-0.39, 0.29) is 5.82 Å². The molecule has 0 aliphatic carbocycles. The molecule has 6 heteroatoms. The van der Waals surface area contributed by atoms with Gasteiger partial charge in [-0.05, 0) is 61.4 Å². The largest absolute Gasteiger partial charge is 0.348 e. The fraction of sp³-hybridized carbons (Fsp3) is 0.370. The Hall–Kier alpha value is -3.12. The predicted octanol–water partition coefficient (Wildman–Crippen LogP) is 5.12. The number of hydrogen-bond donors (Lipinski definition) is 2. The summed E-state index contributed by atoms with van der Waals surface area (Å²) in [5.74, 6) is 2.21. The van der Waals surface area contributed by atoms with E-state index in [1.54, 1.807) is 6.07 Å². The standard InChI is InChI=1S/C27H32FN5/c1-17-5-6-21-8-10-25(31-27(21)30-17)33-16-20(13-19(33)3)11-12-29-15-23-24(28)9-7-22-14-18(2)32(4)26(22)23/h7-10,20,29H,1-3,5-6,11-16H2,4H3,(H,30,31). The van der Waals surface area contributed by atoms with Crippen molar-refractivity contribution in [1.82, 2.24) is 10.3 Å². The third kappa shape index (κ3) is 4.15. The molecule has 0 bridgehead atoms. The SMILES string of the molecule is C=C1CCc2ccc(N3CC(CCNCc4c(F)ccc5c4N(C)C(=C)C5)CC3=C)nc2N1. The van der Waals surface area contributed by atoms with Gasteiger partial charge in [-0.1, -0.05) is 31.9 Å². The van der Waals surface area contributed by atoms with Crippen LogP contribution in [0.25, 0.3) is 0 Å². The number of nitrogens with zero attached hydrogens (tertiary/aromatic N) is 3. The Morgan fingerprint density at radius 1 is 1.12 bits per heavy atom. The molecule has 0 spiro atoms. The lowest BCUT2D eigenvalue weighted by Crippen LogP contribution is -2.23. The number of benzene rings is 1. The molecule has 0 amide bonds. The Morgan fingerprint density at radius 3 is 2.79 bits per heavy atom. The van der Waals surface area contributed by atoms with Crippen LogP contribution in [0.5, 0.6) is 0 Å². The van der Waals surface area contributed by atoms with Crippen LogP contribution >= 0.6 is 0 Å². The monoisotopic (exact) mass is 445 g/mol. The molecule has 0 radical (unpaired) electrons. The van der Waals surface area contributed by atoms with Gasteiger partial charge in [0.15, 0.2) is 0 Å². The minimum Gasteiger partial charge on any atom is -0.348 e. The van der Waals surface area contributed by atoms with Gasteiger partial charge in [0, 0.05) is 49.2 Å². The number of aromatic nitrogens is 1. The van der Waals surface area contributed by atoms with Gasteiger partial charge >= 0.3 is 0 Å². The van der Waals surface area contributed by atoms with Gasteiger partial charge in [-0.3, -0.25) is 0 Å². The average Bonchev–Trinajstić information content (AvgIpc) is 3.31. The first-order valence-corrected chi connectivity index (χ1v) is 11.7. The lowest BCUT2D eigenvalue weighted by Gasteiger charge is -2.24. The van der Waals surface area contributed by atoms with Crippen LogP contribution in [-0.4, -0.2) is 25.1 Å². The lowest BCUT2D eigenvalue weighted by atomic mass is 10.0. The molecule has 3 aliphatic rings. The summed E-state index contributed by atoms with van der Waals surface area (Å²) in [6.45, 7) is 14.7. The molecule has 1 saturated heterocycles. The zero-order chi connectivity index (χ0) is 23.1. The second-order valence-electron chi connectivity index (χ2n) is 9.45. The summed E-state index contributed by atoms with van der Waals surface area (Å²) in [6, 6.07) is 7.72. The van der Waals surface area contributed by atoms with E-state index in [1.165, 1.54) is 5.56 Å². The lowest BCUT2D eigenvalue weighted by molar-refractivity contribution is 0.502. The van der Waals surface area contributed by atoms with Crippen molar-refractivity contribution in [3.05, 3.63) is 83.6 Å². The van der Waals surface area contributed by atoms with Crippen LogP contribution in [0.4, 0.5) is 21.7 Å². The molecule has 0 saturated carbocycles. The van der Waals surface area contributed by atoms with Crippen LogP contribution < -0.4 is 20.4 Å². The van der Waals surface area contributed by atoms with E-state index in [9.17, 15) is 4.39 Å². The second kappa shape index (κ2) is 8.67. The molecule has 1 atom stereocenters. The van der Waals surface area contributed by atoms with Crippen molar-refractivity contribution >= 4 is 17.3 Å². The number of rotatable bonds is 6. The minimum absolute atomic E-state index is 0.155. The van der Waals surface area contributed by atoms with Crippen LogP contribution in [0.3, 0.4) is 0 Å². The van der Waals surface area contributed by atoms with Crippen molar-refractivity contribution in [1.29, 1.82) is 0 Å². The Morgan fingerprint density at radius 2 is 1.94 bits per heavy atom. The van der Waals surface area contributed by atoms with Crippen LogP contribution in [-0.2, 0) is 19.4 Å². The van der Waals surface area contributed by atoms with Crippen LogP contribution in [0, 0.1) is 11.7 Å². The molecule has 1 fully saturated rings. The molecule has 3 aliphatic heterocycles. The zero-order valence-electron chi connectivity index (χ0n) is 19.4. The van der Waals surface area contributed by atoms with Gasteiger partial charge in [-0.25, -0.2) is 9.37 Å². The normalized spacial score (nSPS) is 19.7. The number of anilines is 3. The number of pyridine rings is 1. The average molecular weight is 446 g/mol. The number of fused-ring (bicyclic) bond motifs is 2. The number of hydrogen-bond acceptors (Lipinski definition) is 5. The molecule has 172 valence electrons. The molecule has 1 aromatic carbocycles. The van der Waals surface area contributed by atoms with Crippen molar-refractivity contribution in [2.24, 2.45) is 5.92 Å². The van der Waals surface area contributed by atoms with E-state index in [4.69, 9.17) is 4.98 Å². The van der Waals surface area contributed by atoms with E-state index in [0.29, 0.717) is 12.5 Å². The van der Waals surface area contributed by atoms with E-state index >= 15 is 0 Å². The van der Waals surface area contributed by atoms with Crippen molar-refractivity contribution in [3.63, 3.8) is 0 Å². The smallest absolute Gasteiger partial charge is 0.135 e. The quantitative estimate of drug-likeness (QED) is 0.605. The minimum atomic E-state index is -0.155. The van der Waals surface area contributed by atoms with Crippen molar-refractivity contribution in [3.8, 4) is 0 Å². The zero-order valence-corrected chi connectivity index (χ0v) is 19.4. The highest BCUT2D eigenvalue weighted by Gasteiger charge is 2.28. The highest BCUT2D eigenvalue weighted by atomic mass is 19.1. The summed E-state index contributed by atoms with van der Waals surface area (Å²) in [5, 5.41) is 6.79. The number of nitrogens with one attached hydrogen (secondary N) is 2. The summed E-state index contributed by atoms with van der Waals surface area (Å²) in [7, 11) is 1.97. The van der Waals surface area contributed by atoms with Gasteiger partial charge in [0.2, 0.25) is 0 Å². The van der Waals surface area contributed by atoms with Crippen molar-refractivity contribution in [2.75, 3.05) is 35.3 Å². The Bertz CT molecular complexity index is 1140. The number of likely N-dealkylation sites (N-methyl/N-ethyl adjacent to an activating group) is 1. The first kappa shape index (κ1) is 21.7. The number of halogens is 1. The summed E-state index contributed by atoms with van der Waals surface area (Å²) >= 11 is 0. The third-order valence-electron chi connectivity index (χ3n) is 7.12. The third-order valence-corrected chi connectivity index (χ3v) is 7.12. The van der Waals surface area contributed by atoms with Gasteiger partial charge in [-0.15, -0.1) is 0 Å². The molecule has 4 heterocycles. The molecule has 2 aromatic rings. The molecule has 33 heavy (non-hydrogen) atoms.